The van der Waals surface area contributed by atoms with Crippen molar-refractivity contribution in [3.05, 3.63) is 68.2 Å². The number of aryl methyl sites for hydroxylation is 1. The van der Waals surface area contributed by atoms with Crippen molar-refractivity contribution in [2.24, 2.45) is 0 Å². The molecule has 0 bridgehead atoms. The zero-order valence-electron chi connectivity index (χ0n) is 14.4. The second-order valence-electron chi connectivity index (χ2n) is 5.80. The van der Waals surface area contributed by atoms with Gasteiger partial charge in [-0.3, -0.25) is 5.32 Å². The zero-order valence-corrected chi connectivity index (χ0v) is 17.5. The van der Waals surface area contributed by atoms with Gasteiger partial charge in [0.25, 0.3) is 0 Å². The third-order valence-electron chi connectivity index (χ3n) is 3.90. The van der Waals surface area contributed by atoms with Crippen molar-refractivity contribution in [1.82, 2.24) is 5.16 Å². The number of carbonyl (C=O) groups excluding carboxylic acids is 1. The Kier molecular flexibility index (Phi) is 6.09. The summed E-state index contributed by atoms with van der Waals surface area (Å²) in [6.45, 7) is 3.47. The standard InChI is InChI=1S/C19H15BrCl2N2O3/c1-10-17(18(27-24-10)12-7-8-14(20)16(22)9-12)23-19(25)26-11(2)13-5-3-4-6-15(13)21/h3-9,11H,1-2H3,(H,23,25)/t11-/m1/s1. The van der Waals surface area contributed by atoms with Crippen LogP contribution in [0.4, 0.5) is 10.5 Å². The van der Waals surface area contributed by atoms with Crippen LogP contribution in [-0.2, 0) is 4.74 Å². The van der Waals surface area contributed by atoms with Gasteiger partial charge in [0.2, 0.25) is 0 Å². The Morgan fingerprint density at radius 2 is 1.96 bits per heavy atom. The van der Waals surface area contributed by atoms with Gasteiger partial charge in [-0.2, -0.15) is 0 Å². The van der Waals surface area contributed by atoms with Crippen LogP contribution in [0.2, 0.25) is 10.0 Å². The summed E-state index contributed by atoms with van der Waals surface area (Å²) >= 11 is 15.6. The Hall–Kier alpha value is -2.02. The van der Waals surface area contributed by atoms with Crippen molar-refractivity contribution >= 4 is 50.9 Å². The highest BCUT2D eigenvalue weighted by molar-refractivity contribution is 9.10. The lowest BCUT2D eigenvalue weighted by atomic mass is 10.1. The van der Waals surface area contributed by atoms with Crippen LogP contribution >= 0.6 is 39.1 Å². The van der Waals surface area contributed by atoms with Gasteiger partial charge in [0.05, 0.1) is 5.02 Å². The second kappa shape index (κ2) is 8.33. The van der Waals surface area contributed by atoms with Gasteiger partial charge in [-0.15, -0.1) is 0 Å². The van der Waals surface area contributed by atoms with E-state index in [1.807, 2.05) is 12.1 Å². The number of amides is 1. The smallest absolute Gasteiger partial charge is 0.412 e. The summed E-state index contributed by atoms with van der Waals surface area (Å²) in [5, 5.41) is 7.67. The third kappa shape index (κ3) is 4.46. The quantitative estimate of drug-likeness (QED) is 0.445. The number of anilines is 1. The van der Waals surface area contributed by atoms with Crippen molar-refractivity contribution in [2.75, 3.05) is 5.32 Å². The number of halogens is 3. The van der Waals surface area contributed by atoms with Crippen molar-refractivity contribution in [3.8, 4) is 11.3 Å². The highest BCUT2D eigenvalue weighted by Crippen LogP contribution is 2.35. The minimum absolute atomic E-state index is 0.393. The van der Waals surface area contributed by atoms with Gasteiger partial charge < -0.3 is 9.26 Å². The lowest BCUT2D eigenvalue weighted by Gasteiger charge is -2.15. The predicted molar refractivity (Wildman–Crippen MR) is 109 cm³/mol. The molecule has 0 saturated carbocycles. The first-order valence-corrected chi connectivity index (χ1v) is 9.55. The van der Waals surface area contributed by atoms with Crippen molar-refractivity contribution in [2.45, 2.75) is 20.0 Å². The average molecular weight is 470 g/mol. The Balaban J connectivity index is 1.79. The largest absolute Gasteiger partial charge is 0.441 e. The normalized spacial score (nSPS) is 11.9. The number of ether oxygens (including phenoxy) is 1. The summed E-state index contributed by atoms with van der Waals surface area (Å²) in [4.78, 5) is 12.4. The fourth-order valence-electron chi connectivity index (χ4n) is 2.51. The molecule has 5 nitrogen and oxygen atoms in total. The molecule has 1 heterocycles. The van der Waals surface area contributed by atoms with E-state index in [0.717, 1.165) is 10.0 Å². The fourth-order valence-corrected chi connectivity index (χ4v) is 3.23. The highest BCUT2D eigenvalue weighted by Gasteiger charge is 2.21. The summed E-state index contributed by atoms with van der Waals surface area (Å²) in [5.74, 6) is 0.393. The molecule has 0 aliphatic heterocycles. The molecule has 0 radical (unpaired) electrons. The zero-order chi connectivity index (χ0) is 19.6. The van der Waals surface area contributed by atoms with E-state index in [9.17, 15) is 4.79 Å². The Bertz CT molecular complexity index is 991. The number of nitrogens with zero attached hydrogens (tertiary/aromatic N) is 1. The van der Waals surface area contributed by atoms with Gasteiger partial charge >= 0.3 is 6.09 Å². The van der Waals surface area contributed by atoms with Crippen molar-refractivity contribution in [1.29, 1.82) is 0 Å². The number of hydrogen-bond acceptors (Lipinski definition) is 4. The van der Waals surface area contributed by atoms with E-state index in [1.165, 1.54) is 0 Å². The van der Waals surface area contributed by atoms with Crippen LogP contribution in [0.5, 0.6) is 0 Å². The van der Waals surface area contributed by atoms with E-state index in [4.69, 9.17) is 32.5 Å². The Labute approximate surface area is 174 Å². The molecule has 0 aliphatic carbocycles. The maximum Gasteiger partial charge on any atom is 0.412 e. The molecule has 1 atom stereocenters. The summed E-state index contributed by atoms with van der Waals surface area (Å²) in [7, 11) is 0. The summed E-state index contributed by atoms with van der Waals surface area (Å²) in [6, 6.07) is 12.5. The van der Waals surface area contributed by atoms with E-state index in [-0.39, 0.29) is 0 Å². The molecule has 3 aromatic rings. The monoisotopic (exact) mass is 468 g/mol. The lowest BCUT2D eigenvalue weighted by molar-refractivity contribution is 0.121. The molecule has 1 aromatic heterocycles. The predicted octanol–water partition coefficient (Wildman–Crippen LogP) is 7.03. The summed E-state index contributed by atoms with van der Waals surface area (Å²) in [5.41, 5.74) is 2.34. The summed E-state index contributed by atoms with van der Waals surface area (Å²) < 4.78 is 11.6. The molecule has 8 heteroatoms. The van der Waals surface area contributed by atoms with E-state index >= 15 is 0 Å². The molecule has 0 fully saturated rings. The topological polar surface area (TPSA) is 64.4 Å². The molecule has 0 saturated heterocycles. The van der Waals surface area contributed by atoms with Crippen molar-refractivity contribution < 1.29 is 14.1 Å². The molecule has 140 valence electrons. The molecule has 3 rings (SSSR count). The Morgan fingerprint density at radius 1 is 1.22 bits per heavy atom. The molecule has 1 N–H and O–H groups in total. The molecule has 1 amide bonds. The molecule has 2 aromatic carbocycles. The molecular formula is C19H15BrCl2N2O3. The SMILES string of the molecule is Cc1noc(-c2ccc(Br)c(Cl)c2)c1NC(=O)O[C@H](C)c1ccccc1Cl. The first-order chi connectivity index (χ1) is 12.9. The fraction of sp³-hybridized carbons (Fsp3) is 0.158. The number of nitrogens with one attached hydrogen (secondary N) is 1. The molecule has 0 aliphatic rings. The van der Waals surface area contributed by atoms with Gasteiger partial charge in [0, 0.05) is 20.6 Å². The number of rotatable bonds is 4. The van der Waals surface area contributed by atoms with Crippen molar-refractivity contribution in [3.63, 3.8) is 0 Å². The van der Waals surface area contributed by atoms with Crippen LogP contribution in [0.1, 0.15) is 24.3 Å². The first kappa shape index (κ1) is 19.7. The second-order valence-corrected chi connectivity index (χ2v) is 7.46. The minimum Gasteiger partial charge on any atom is -0.441 e. The first-order valence-electron chi connectivity index (χ1n) is 8.00. The van der Waals surface area contributed by atoms with E-state index in [1.54, 1.807) is 44.2 Å². The third-order valence-corrected chi connectivity index (χ3v) is 5.48. The van der Waals surface area contributed by atoms with Gasteiger partial charge in [0.15, 0.2) is 5.76 Å². The molecule has 0 spiro atoms. The number of hydrogen-bond donors (Lipinski definition) is 1. The number of aromatic nitrogens is 1. The summed E-state index contributed by atoms with van der Waals surface area (Å²) in [6.07, 6.45) is -1.16. The number of benzene rings is 2. The van der Waals surface area contributed by atoms with Crippen LogP contribution in [0, 0.1) is 6.92 Å². The minimum atomic E-state index is -0.641. The van der Waals surface area contributed by atoms with Crippen LogP contribution in [-0.4, -0.2) is 11.2 Å². The maximum absolute atomic E-state index is 12.4. The average Bonchev–Trinajstić information content (AvgIpc) is 2.98. The van der Waals surface area contributed by atoms with Crippen LogP contribution in [0.15, 0.2) is 51.5 Å². The molecule has 27 heavy (non-hydrogen) atoms. The number of carbonyl (C=O) groups is 1. The van der Waals surface area contributed by atoms with Crippen LogP contribution in [0.3, 0.4) is 0 Å². The van der Waals surface area contributed by atoms with E-state index in [0.29, 0.717) is 32.8 Å². The molecule has 0 unspecified atom stereocenters. The van der Waals surface area contributed by atoms with Gasteiger partial charge in [-0.25, -0.2) is 4.79 Å². The molecular weight excluding hydrogens is 455 g/mol. The van der Waals surface area contributed by atoms with E-state index in [2.05, 4.69) is 26.4 Å². The van der Waals surface area contributed by atoms with Crippen LogP contribution < -0.4 is 5.32 Å². The van der Waals surface area contributed by atoms with Gasteiger partial charge in [-0.05, 0) is 54.0 Å². The lowest BCUT2D eigenvalue weighted by Crippen LogP contribution is -2.17. The van der Waals surface area contributed by atoms with Crippen LogP contribution in [0.25, 0.3) is 11.3 Å². The maximum atomic E-state index is 12.4. The Morgan fingerprint density at radius 3 is 2.67 bits per heavy atom. The van der Waals surface area contributed by atoms with Gasteiger partial charge in [-0.1, -0.05) is 46.6 Å². The highest BCUT2D eigenvalue weighted by atomic mass is 79.9. The van der Waals surface area contributed by atoms with E-state index < -0.39 is 12.2 Å². The van der Waals surface area contributed by atoms with Gasteiger partial charge in [0.1, 0.15) is 17.5 Å².